The highest BCUT2D eigenvalue weighted by atomic mass is 35.5. The lowest BCUT2D eigenvalue weighted by molar-refractivity contribution is -0.0552. The van der Waals surface area contributed by atoms with Crippen molar-refractivity contribution in [2.45, 2.75) is 50.9 Å². The van der Waals surface area contributed by atoms with Crippen LogP contribution in [-0.4, -0.2) is 37.0 Å². The average Bonchev–Trinajstić information content (AvgIpc) is 2.25. The van der Waals surface area contributed by atoms with E-state index in [-0.39, 0.29) is 37.7 Å². The molecule has 112 valence electrons. The maximum Gasteiger partial charge on any atom is 0.250 e. The summed E-state index contributed by atoms with van der Waals surface area (Å²) in [5.74, 6) is -2.41. The molecule has 0 spiro atoms. The highest BCUT2D eigenvalue weighted by molar-refractivity contribution is 5.85. The van der Waals surface area contributed by atoms with Gasteiger partial charge in [-0.3, -0.25) is 0 Å². The summed E-state index contributed by atoms with van der Waals surface area (Å²) in [7, 11) is 0. The summed E-state index contributed by atoms with van der Waals surface area (Å²) >= 11 is 0. The van der Waals surface area contributed by atoms with Crippen LogP contribution in [-0.2, 0) is 0 Å². The molecule has 1 rings (SSSR count). The normalized spacial score (nSPS) is 18.8. The molecule has 0 saturated carbocycles. The molecule has 0 aromatic carbocycles. The van der Waals surface area contributed by atoms with Crippen LogP contribution in [0, 0.1) is 0 Å². The fourth-order valence-electron chi connectivity index (χ4n) is 2.11. The number of hydrogen-bond donors (Lipinski definition) is 1. The summed E-state index contributed by atoms with van der Waals surface area (Å²) in [5, 5.41) is 0. The SMILES string of the molecule is Cl.Cl.NCCCCCCCN1CCC(F)(F)CC1. The number of rotatable bonds is 7. The Balaban J connectivity index is 0. The van der Waals surface area contributed by atoms with E-state index in [1.807, 2.05) is 0 Å². The highest BCUT2D eigenvalue weighted by Gasteiger charge is 2.33. The lowest BCUT2D eigenvalue weighted by Gasteiger charge is -2.31. The quantitative estimate of drug-likeness (QED) is 0.730. The molecular formula is C12H26Cl2F2N2. The Kier molecular flexibility index (Phi) is 12.9. The Morgan fingerprint density at radius 3 is 1.94 bits per heavy atom. The average molecular weight is 307 g/mol. The van der Waals surface area contributed by atoms with Gasteiger partial charge in [-0.2, -0.15) is 0 Å². The van der Waals surface area contributed by atoms with Crippen molar-refractivity contribution in [3.05, 3.63) is 0 Å². The van der Waals surface area contributed by atoms with E-state index in [0.717, 1.165) is 25.9 Å². The van der Waals surface area contributed by atoms with Crippen molar-refractivity contribution in [1.29, 1.82) is 0 Å². The monoisotopic (exact) mass is 306 g/mol. The molecule has 0 radical (unpaired) electrons. The zero-order chi connectivity index (χ0) is 11.9. The smallest absolute Gasteiger partial charge is 0.250 e. The number of unbranched alkanes of at least 4 members (excludes halogenated alkanes) is 4. The number of piperidine rings is 1. The number of likely N-dealkylation sites (tertiary alicyclic amines) is 1. The van der Waals surface area contributed by atoms with Crippen LogP contribution < -0.4 is 5.73 Å². The van der Waals surface area contributed by atoms with Crippen LogP contribution in [0.4, 0.5) is 8.78 Å². The fraction of sp³-hybridized carbons (Fsp3) is 1.00. The van der Waals surface area contributed by atoms with Gasteiger partial charge in [0, 0.05) is 25.9 Å². The zero-order valence-electron chi connectivity index (χ0n) is 10.9. The molecule has 6 heteroatoms. The van der Waals surface area contributed by atoms with Gasteiger partial charge in [-0.1, -0.05) is 19.3 Å². The van der Waals surface area contributed by atoms with Crippen LogP contribution >= 0.6 is 24.8 Å². The topological polar surface area (TPSA) is 29.3 Å². The van der Waals surface area contributed by atoms with E-state index in [9.17, 15) is 8.78 Å². The highest BCUT2D eigenvalue weighted by Crippen LogP contribution is 2.27. The fourth-order valence-corrected chi connectivity index (χ4v) is 2.11. The van der Waals surface area contributed by atoms with E-state index in [1.54, 1.807) is 0 Å². The van der Waals surface area contributed by atoms with Gasteiger partial charge in [-0.15, -0.1) is 24.8 Å². The standard InChI is InChI=1S/C12H24F2N2.2ClH/c13-12(14)6-10-16(11-7-12)9-5-3-1-2-4-8-15;;/h1-11,15H2;2*1H. The van der Waals surface area contributed by atoms with Gasteiger partial charge in [0.05, 0.1) is 0 Å². The minimum Gasteiger partial charge on any atom is -0.330 e. The predicted octanol–water partition coefficient (Wildman–Crippen LogP) is 3.47. The van der Waals surface area contributed by atoms with Crippen molar-refractivity contribution in [3.8, 4) is 0 Å². The predicted molar refractivity (Wildman–Crippen MR) is 77.3 cm³/mol. The zero-order valence-corrected chi connectivity index (χ0v) is 12.5. The molecule has 1 aliphatic rings. The van der Waals surface area contributed by atoms with Gasteiger partial charge >= 0.3 is 0 Å². The minimum atomic E-state index is -2.41. The van der Waals surface area contributed by atoms with E-state index >= 15 is 0 Å². The summed E-state index contributed by atoms with van der Waals surface area (Å²) in [5.41, 5.74) is 5.41. The second-order valence-electron chi connectivity index (χ2n) is 4.75. The summed E-state index contributed by atoms with van der Waals surface area (Å²) < 4.78 is 25.7. The first-order chi connectivity index (χ1) is 7.64. The molecule has 18 heavy (non-hydrogen) atoms. The number of nitrogens with zero attached hydrogens (tertiary/aromatic N) is 1. The van der Waals surface area contributed by atoms with Gasteiger partial charge in [-0.25, -0.2) is 8.78 Å². The minimum absolute atomic E-state index is 0. The first kappa shape index (κ1) is 20.7. The van der Waals surface area contributed by atoms with Gasteiger partial charge in [0.15, 0.2) is 0 Å². The molecule has 0 aliphatic carbocycles. The van der Waals surface area contributed by atoms with Crippen LogP contribution in [0.5, 0.6) is 0 Å². The summed E-state index contributed by atoms with van der Waals surface area (Å²) in [4.78, 5) is 2.17. The van der Waals surface area contributed by atoms with E-state index in [4.69, 9.17) is 5.73 Å². The van der Waals surface area contributed by atoms with Crippen LogP contribution in [0.3, 0.4) is 0 Å². The van der Waals surface area contributed by atoms with Gasteiger partial charge in [0.25, 0.3) is 5.92 Å². The molecule has 0 unspecified atom stereocenters. The number of nitrogens with two attached hydrogens (primary N) is 1. The maximum atomic E-state index is 12.9. The number of alkyl halides is 2. The van der Waals surface area contributed by atoms with Crippen LogP contribution in [0.25, 0.3) is 0 Å². The third-order valence-electron chi connectivity index (χ3n) is 3.27. The molecular weight excluding hydrogens is 281 g/mol. The van der Waals surface area contributed by atoms with E-state index in [1.165, 1.54) is 19.3 Å². The van der Waals surface area contributed by atoms with Gasteiger partial charge in [-0.05, 0) is 25.9 Å². The molecule has 0 amide bonds. The second kappa shape index (κ2) is 11.2. The first-order valence-corrected chi connectivity index (χ1v) is 6.44. The Morgan fingerprint density at radius 1 is 0.889 bits per heavy atom. The number of hydrogen-bond acceptors (Lipinski definition) is 2. The maximum absolute atomic E-state index is 12.9. The van der Waals surface area contributed by atoms with E-state index in [0.29, 0.717) is 13.1 Å². The first-order valence-electron chi connectivity index (χ1n) is 6.44. The van der Waals surface area contributed by atoms with Gasteiger partial charge < -0.3 is 10.6 Å². The van der Waals surface area contributed by atoms with Crippen LogP contribution in [0.2, 0.25) is 0 Å². The third-order valence-corrected chi connectivity index (χ3v) is 3.27. The summed E-state index contributed by atoms with van der Waals surface area (Å²) in [6.07, 6.45) is 5.95. The number of halogens is 4. The molecule has 1 saturated heterocycles. The Labute approximate surface area is 121 Å². The van der Waals surface area contributed by atoms with Crippen molar-refractivity contribution in [3.63, 3.8) is 0 Å². The largest absolute Gasteiger partial charge is 0.330 e. The van der Waals surface area contributed by atoms with E-state index in [2.05, 4.69) is 4.90 Å². The lowest BCUT2D eigenvalue weighted by Crippen LogP contribution is -2.39. The summed E-state index contributed by atoms with van der Waals surface area (Å²) in [6, 6.07) is 0. The molecule has 2 N–H and O–H groups in total. The summed E-state index contributed by atoms with van der Waals surface area (Å²) in [6.45, 7) is 2.89. The van der Waals surface area contributed by atoms with Gasteiger partial charge in [0.1, 0.15) is 0 Å². The molecule has 0 aromatic heterocycles. The molecule has 1 aliphatic heterocycles. The van der Waals surface area contributed by atoms with Crippen molar-refractivity contribution >= 4 is 24.8 Å². The van der Waals surface area contributed by atoms with Crippen molar-refractivity contribution < 1.29 is 8.78 Å². The molecule has 0 aromatic rings. The third kappa shape index (κ3) is 9.31. The Bertz CT molecular complexity index is 185. The molecule has 1 fully saturated rings. The lowest BCUT2D eigenvalue weighted by atomic mass is 10.1. The van der Waals surface area contributed by atoms with Gasteiger partial charge in [0.2, 0.25) is 0 Å². The molecule has 1 heterocycles. The van der Waals surface area contributed by atoms with Crippen molar-refractivity contribution in [1.82, 2.24) is 4.90 Å². The Hall–Kier alpha value is 0.360. The Morgan fingerprint density at radius 2 is 1.39 bits per heavy atom. The van der Waals surface area contributed by atoms with Crippen molar-refractivity contribution in [2.75, 3.05) is 26.2 Å². The van der Waals surface area contributed by atoms with Crippen LogP contribution in [0.1, 0.15) is 44.9 Å². The molecule has 0 bridgehead atoms. The van der Waals surface area contributed by atoms with Crippen LogP contribution in [0.15, 0.2) is 0 Å². The second-order valence-corrected chi connectivity index (χ2v) is 4.75. The molecule has 0 atom stereocenters. The van der Waals surface area contributed by atoms with Crippen molar-refractivity contribution in [2.24, 2.45) is 5.73 Å². The van der Waals surface area contributed by atoms with E-state index < -0.39 is 5.92 Å². The molecule has 2 nitrogen and oxygen atoms in total.